The summed E-state index contributed by atoms with van der Waals surface area (Å²) in [7, 11) is 0. The van der Waals surface area contributed by atoms with E-state index in [4.69, 9.17) is 0 Å². The predicted molar refractivity (Wildman–Crippen MR) is 78.5 cm³/mol. The summed E-state index contributed by atoms with van der Waals surface area (Å²) in [6.07, 6.45) is 2.78. The van der Waals surface area contributed by atoms with Gasteiger partial charge in [0.25, 0.3) is 0 Å². The molecule has 0 radical (unpaired) electrons. The lowest BCUT2D eigenvalue weighted by Crippen LogP contribution is -2.08. The van der Waals surface area contributed by atoms with Crippen LogP contribution in [-0.2, 0) is 25.1 Å². The Kier molecular flexibility index (Phi) is 3.91. The molecule has 0 bridgehead atoms. The smallest absolute Gasteiger partial charge is 0.138 e. The van der Waals surface area contributed by atoms with Gasteiger partial charge in [-0.25, -0.2) is 4.98 Å². The lowest BCUT2D eigenvalue weighted by Gasteiger charge is -2.08. The molecule has 19 heavy (non-hydrogen) atoms. The Morgan fingerprint density at radius 3 is 3.21 bits per heavy atom. The van der Waals surface area contributed by atoms with Crippen molar-refractivity contribution in [2.24, 2.45) is 0 Å². The van der Waals surface area contributed by atoms with E-state index in [-0.39, 0.29) is 0 Å². The Balaban J connectivity index is 1.76. The first-order valence-corrected chi connectivity index (χ1v) is 8.49. The van der Waals surface area contributed by atoms with Crippen molar-refractivity contribution in [1.29, 1.82) is 0 Å². The summed E-state index contributed by atoms with van der Waals surface area (Å²) in [6.45, 7) is 2.82. The molecule has 4 nitrogen and oxygen atoms in total. The van der Waals surface area contributed by atoms with Crippen LogP contribution in [0.1, 0.15) is 34.2 Å². The highest BCUT2D eigenvalue weighted by molar-refractivity contribution is 7.98. The summed E-state index contributed by atoms with van der Waals surface area (Å²) in [4.78, 5) is 6.74. The molecule has 6 heteroatoms. The molecule has 2 aromatic heterocycles. The van der Waals surface area contributed by atoms with Crippen molar-refractivity contribution < 1.29 is 5.11 Å². The first-order valence-electron chi connectivity index (χ1n) is 6.52. The molecule has 0 fully saturated rings. The minimum Gasteiger partial charge on any atom is -0.387 e. The summed E-state index contributed by atoms with van der Waals surface area (Å²) in [6, 6.07) is 2.17. The Hall–Kier alpha value is -0.850. The number of aromatic nitrogens is 3. The highest BCUT2D eigenvalue weighted by Gasteiger charge is 2.19. The van der Waals surface area contributed by atoms with Crippen LogP contribution in [0.5, 0.6) is 0 Å². The number of hydrogen-bond donors (Lipinski definition) is 1. The maximum absolute atomic E-state index is 10.4. The third-order valence-corrected chi connectivity index (χ3v) is 5.69. The molecular formula is C13H17N3OS2. The topological polar surface area (TPSA) is 50.9 Å². The molecule has 0 aliphatic carbocycles. The number of fused-ring (bicyclic) bond motifs is 1. The minimum atomic E-state index is -0.463. The molecule has 3 rings (SSSR count). The molecule has 1 N–H and O–H groups in total. The van der Waals surface area contributed by atoms with Gasteiger partial charge in [0.2, 0.25) is 0 Å². The summed E-state index contributed by atoms with van der Waals surface area (Å²) in [5, 5.41) is 14.5. The molecule has 1 unspecified atom stereocenters. The summed E-state index contributed by atoms with van der Waals surface area (Å²) < 4.78 is 1.84. The average molecular weight is 295 g/mol. The van der Waals surface area contributed by atoms with Gasteiger partial charge in [-0.3, -0.25) is 4.68 Å². The third kappa shape index (κ3) is 2.70. The molecule has 1 atom stereocenters. The third-order valence-electron chi connectivity index (χ3n) is 3.35. The van der Waals surface area contributed by atoms with Gasteiger partial charge < -0.3 is 5.11 Å². The number of thioether (sulfide) groups is 1. The van der Waals surface area contributed by atoms with Crippen molar-refractivity contribution in [2.45, 2.75) is 38.2 Å². The Bertz CT molecular complexity index is 540. The van der Waals surface area contributed by atoms with Gasteiger partial charge in [0.15, 0.2) is 0 Å². The largest absolute Gasteiger partial charge is 0.387 e. The number of rotatable bonds is 4. The van der Waals surface area contributed by atoms with E-state index in [1.54, 1.807) is 17.7 Å². The van der Waals surface area contributed by atoms with Crippen molar-refractivity contribution in [3.8, 4) is 0 Å². The quantitative estimate of drug-likeness (QED) is 0.941. The van der Waals surface area contributed by atoms with Crippen LogP contribution >= 0.6 is 23.1 Å². The molecule has 0 saturated carbocycles. The van der Waals surface area contributed by atoms with Gasteiger partial charge >= 0.3 is 0 Å². The molecule has 1 aliphatic heterocycles. The van der Waals surface area contributed by atoms with Gasteiger partial charge in [-0.15, -0.1) is 11.3 Å². The van der Waals surface area contributed by atoms with E-state index in [1.807, 2.05) is 23.4 Å². The fourth-order valence-electron chi connectivity index (χ4n) is 2.32. The SMILES string of the molecule is CCn1ncnc1CC(O)c1cc2c(s1)CCSC2. The van der Waals surface area contributed by atoms with E-state index in [0.29, 0.717) is 6.42 Å². The molecule has 0 saturated heterocycles. The maximum atomic E-state index is 10.4. The molecule has 0 aromatic carbocycles. The number of aliphatic hydroxyl groups is 1. The number of thiophene rings is 1. The van der Waals surface area contributed by atoms with Crippen molar-refractivity contribution in [1.82, 2.24) is 14.8 Å². The molecule has 0 spiro atoms. The Morgan fingerprint density at radius 2 is 2.42 bits per heavy atom. The van der Waals surface area contributed by atoms with Crippen LogP contribution in [0, 0.1) is 0 Å². The van der Waals surface area contributed by atoms with Crippen molar-refractivity contribution in [3.63, 3.8) is 0 Å². The van der Waals surface area contributed by atoms with Gasteiger partial charge in [-0.2, -0.15) is 16.9 Å². The molecule has 0 amide bonds. The first kappa shape index (κ1) is 13.1. The van der Waals surface area contributed by atoms with E-state index in [2.05, 4.69) is 16.1 Å². The predicted octanol–water partition coefficient (Wildman–Crippen LogP) is 2.42. The number of aryl methyl sites for hydroxylation is 2. The second-order valence-electron chi connectivity index (χ2n) is 4.61. The Morgan fingerprint density at radius 1 is 1.53 bits per heavy atom. The lowest BCUT2D eigenvalue weighted by atomic mass is 10.1. The highest BCUT2D eigenvalue weighted by atomic mass is 32.2. The van der Waals surface area contributed by atoms with Crippen LogP contribution in [0.4, 0.5) is 0 Å². The lowest BCUT2D eigenvalue weighted by molar-refractivity contribution is 0.178. The Labute approximate surface area is 120 Å². The molecule has 3 heterocycles. The molecule has 2 aromatic rings. The van der Waals surface area contributed by atoms with Gasteiger partial charge in [0.1, 0.15) is 12.2 Å². The van der Waals surface area contributed by atoms with E-state index < -0.39 is 6.10 Å². The summed E-state index contributed by atoms with van der Waals surface area (Å²) >= 11 is 3.73. The summed E-state index contributed by atoms with van der Waals surface area (Å²) in [5.41, 5.74) is 1.41. The second-order valence-corrected chi connectivity index (χ2v) is 6.89. The zero-order valence-corrected chi connectivity index (χ0v) is 12.5. The molecule has 1 aliphatic rings. The van der Waals surface area contributed by atoms with Crippen LogP contribution in [0.2, 0.25) is 0 Å². The number of nitrogens with zero attached hydrogens (tertiary/aromatic N) is 3. The van der Waals surface area contributed by atoms with Gasteiger partial charge in [0, 0.05) is 28.5 Å². The normalized spacial score (nSPS) is 16.3. The number of hydrogen-bond acceptors (Lipinski definition) is 5. The van der Waals surface area contributed by atoms with E-state index in [0.717, 1.165) is 29.4 Å². The fraction of sp³-hybridized carbons (Fsp3) is 0.538. The molecule has 102 valence electrons. The standard InChI is InChI=1S/C13H17N3OS2/c1-2-16-13(14-8-15-16)6-10(17)12-5-9-7-18-4-3-11(9)19-12/h5,8,10,17H,2-4,6-7H2,1H3. The van der Waals surface area contributed by atoms with E-state index >= 15 is 0 Å². The molecular weight excluding hydrogens is 278 g/mol. The highest BCUT2D eigenvalue weighted by Crippen LogP contribution is 2.35. The van der Waals surface area contributed by atoms with Crippen molar-refractivity contribution in [3.05, 3.63) is 33.5 Å². The van der Waals surface area contributed by atoms with Crippen molar-refractivity contribution >= 4 is 23.1 Å². The van der Waals surface area contributed by atoms with Crippen LogP contribution in [0.3, 0.4) is 0 Å². The van der Waals surface area contributed by atoms with Crippen LogP contribution in [-0.4, -0.2) is 25.6 Å². The van der Waals surface area contributed by atoms with Crippen LogP contribution < -0.4 is 0 Å². The monoisotopic (exact) mass is 295 g/mol. The first-order chi connectivity index (χ1) is 9.28. The zero-order valence-electron chi connectivity index (χ0n) is 10.9. The summed E-state index contributed by atoms with van der Waals surface area (Å²) in [5.74, 6) is 3.15. The van der Waals surface area contributed by atoms with Gasteiger partial charge in [-0.05, 0) is 30.7 Å². The average Bonchev–Trinajstić information content (AvgIpc) is 3.03. The van der Waals surface area contributed by atoms with Crippen LogP contribution in [0.25, 0.3) is 0 Å². The van der Waals surface area contributed by atoms with E-state index in [1.165, 1.54) is 16.2 Å². The maximum Gasteiger partial charge on any atom is 0.138 e. The second kappa shape index (κ2) is 5.64. The van der Waals surface area contributed by atoms with Crippen molar-refractivity contribution in [2.75, 3.05) is 5.75 Å². The van der Waals surface area contributed by atoms with Gasteiger partial charge in [-0.1, -0.05) is 0 Å². The van der Waals surface area contributed by atoms with Gasteiger partial charge in [0.05, 0.1) is 6.10 Å². The fourth-order valence-corrected chi connectivity index (χ4v) is 4.68. The van der Waals surface area contributed by atoms with Crippen LogP contribution in [0.15, 0.2) is 12.4 Å². The number of aliphatic hydroxyl groups excluding tert-OH is 1. The van der Waals surface area contributed by atoms with E-state index in [9.17, 15) is 5.11 Å². The zero-order chi connectivity index (χ0) is 13.2. The minimum absolute atomic E-state index is 0.463.